The first-order chi connectivity index (χ1) is 9.06. The molecule has 1 saturated carbocycles. The van der Waals surface area contributed by atoms with Crippen molar-refractivity contribution in [1.29, 1.82) is 0 Å². The minimum Gasteiger partial charge on any atom is -0.495 e. The number of hydrogen-bond acceptors (Lipinski definition) is 4. The predicted molar refractivity (Wildman–Crippen MR) is 71.5 cm³/mol. The Morgan fingerprint density at radius 2 is 2.11 bits per heavy atom. The number of benzene rings is 1. The lowest BCUT2D eigenvalue weighted by molar-refractivity contribution is -0.121. The van der Waals surface area contributed by atoms with Crippen molar-refractivity contribution in [3.63, 3.8) is 0 Å². The SMILES string of the molecule is COc1ccccc1N(C)C(=O)C1(/C(N)=N/O)CC1. The van der Waals surface area contributed by atoms with Gasteiger partial charge in [-0.3, -0.25) is 4.79 Å². The molecule has 0 unspecified atom stereocenters. The van der Waals surface area contributed by atoms with Crippen LogP contribution in [0.4, 0.5) is 5.69 Å². The third kappa shape index (κ3) is 2.09. The molecule has 0 spiro atoms. The van der Waals surface area contributed by atoms with Crippen LogP contribution < -0.4 is 15.4 Å². The number of oxime groups is 1. The molecule has 6 heteroatoms. The van der Waals surface area contributed by atoms with Crippen molar-refractivity contribution in [2.24, 2.45) is 16.3 Å². The van der Waals surface area contributed by atoms with E-state index in [1.807, 2.05) is 12.1 Å². The molecule has 1 aromatic carbocycles. The molecule has 1 aliphatic rings. The Labute approximate surface area is 111 Å². The minimum absolute atomic E-state index is 0.0285. The maximum atomic E-state index is 12.5. The fourth-order valence-electron chi connectivity index (χ4n) is 2.14. The molecule has 1 amide bonds. The number of carbonyl (C=O) groups excluding carboxylic acids is 1. The zero-order valence-electron chi connectivity index (χ0n) is 11.0. The Morgan fingerprint density at radius 3 is 2.63 bits per heavy atom. The van der Waals surface area contributed by atoms with Gasteiger partial charge >= 0.3 is 0 Å². The number of amides is 1. The third-order valence-electron chi connectivity index (χ3n) is 3.51. The van der Waals surface area contributed by atoms with Crippen molar-refractivity contribution in [2.45, 2.75) is 12.8 Å². The highest BCUT2D eigenvalue weighted by Gasteiger charge is 2.55. The van der Waals surface area contributed by atoms with Crippen molar-refractivity contribution < 1.29 is 14.7 Å². The first kappa shape index (κ1) is 13.2. The monoisotopic (exact) mass is 263 g/mol. The molecule has 19 heavy (non-hydrogen) atoms. The molecule has 0 aromatic heterocycles. The molecule has 102 valence electrons. The molecule has 1 fully saturated rings. The van der Waals surface area contributed by atoms with Crippen LogP contribution >= 0.6 is 0 Å². The van der Waals surface area contributed by atoms with E-state index in [1.165, 1.54) is 4.90 Å². The van der Waals surface area contributed by atoms with Gasteiger partial charge in [0.15, 0.2) is 5.84 Å². The van der Waals surface area contributed by atoms with Gasteiger partial charge in [0.25, 0.3) is 0 Å². The lowest BCUT2D eigenvalue weighted by Crippen LogP contribution is -2.42. The number of anilines is 1. The molecule has 0 atom stereocenters. The van der Waals surface area contributed by atoms with Gasteiger partial charge in [-0.15, -0.1) is 0 Å². The summed E-state index contributed by atoms with van der Waals surface area (Å²) in [5, 5.41) is 11.8. The summed E-state index contributed by atoms with van der Waals surface area (Å²) >= 11 is 0. The fraction of sp³-hybridized carbons (Fsp3) is 0.385. The molecule has 0 radical (unpaired) electrons. The highest BCUT2D eigenvalue weighted by molar-refractivity contribution is 6.15. The van der Waals surface area contributed by atoms with Gasteiger partial charge in [0, 0.05) is 7.05 Å². The summed E-state index contributed by atoms with van der Waals surface area (Å²) in [5.74, 6) is 0.389. The van der Waals surface area contributed by atoms with E-state index in [2.05, 4.69) is 5.16 Å². The number of ether oxygens (including phenoxy) is 1. The lowest BCUT2D eigenvalue weighted by Gasteiger charge is -2.24. The molecule has 3 N–H and O–H groups in total. The molecule has 1 aliphatic carbocycles. The van der Waals surface area contributed by atoms with Gasteiger partial charge in [-0.1, -0.05) is 17.3 Å². The standard InChI is InChI=1S/C13H17N3O3/c1-16(9-5-3-4-6-10(9)19-2)12(17)13(7-8-13)11(14)15-18/h3-6,18H,7-8H2,1-2H3,(H2,14,15). The van der Waals surface area contributed by atoms with Gasteiger partial charge < -0.3 is 20.6 Å². The van der Waals surface area contributed by atoms with Crippen LogP contribution in [0, 0.1) is 5.41 Å². The number of methoxy groups -OCH3 is 1. The van der Waals surface area contributed by atoms with Gasteiger partial charge in [-0.25, -0.2) is 0 Å². The molecule has 0 saturated heterocycles. The van der Waals surface area contributed by atoms with Crippen LogP contribution in [-0.2, 0) is 4.79 Å². The summed E-state index contributed by atoms with van der Waals surface area (Å²) < 4.78 is 5.23. The zero-order valence-corrected chi connectivity index (χ0v) is 11.0. The van der Waals surface area contributed by atoms with Gasteiger partial charge in [-0.05, 0) is 25.0 Å². The average molecular weight is 263 g/mol. The number of para-hydroxylation sites is 2. The van der Waals surface area contributed by atoms with Crippen LogP contribution in [0.25, 0.3) is 0 Å². The highest BCUT2D eigenvalue weighted by atomic mass is 16.5. The quantitative estimate of drug-likeness (QED) is 0.369. The van der Waals surface area contributed by atoms with Gasteiger partial charge in [-0.2, -0.15) is 0 Å². The van der Waals surface area contributed by atoms with Crippen molar-refractivity contribution in [3.8, 4) is 5.75 Å². The third-order valence-corrected chi connectivity index (χ3v) is 3.51. The van der Waals surface area contributed by atoms with Gasteiger partial charge in [0.2, 0.25) is 5.91 Å². The van der Waals surface area contributed by atoms with Crippen molar-refractivity contribution in [2.75, 3.05) is 19.1 Å². The van der Waals surface area contributed by atoms with E-state index in [-0.39, 0.29) is 11.7 Å². The highest BCUT2D eigenvalue weighted by Crippen LogP contribution is 2.48. The summed E-state index contributed by atoms with van der Waals surface area (Å²) in [7, 11) is 3.21. The van der Waals surface area contributed by atoms with Crippen LogP contribution in [0.15, 0.2) is 29.4 Å². The van der Waals surface area contributed by atoms with E-state index >= 15 is 0 Å². The van der Waals surface area contributed by atoms with Crippen LogP contribution in [0.2, 0.25) is 0 Å². The molecule has 1 aromatic rings. The number of hydrogen-bond donors (Lipinski definition) is 2. The smallest absolute Gasteiger partial charge is 0.240 e. The van der Waals surface area contributed by atoms with E-state index < -0.39 is 5.41 Å². The first-order valence-corrected chi connectivity index (χ1v) is 5.96. The molecule has 0 aliphatic heterocycles. The summed E-state index contributed by atoms with van der Waals surface area (Å²) in [6, 6.07) is 7.23. The van der Waals surface area contributed by atoms with Crippen molar-refractivity contribution in [3.05, 3.63) is 24.3 Å². The number of rotatable bonds is 4. The maximum absolute atomic E-state index is 12.5. The average Bonchev–Trinajstić information content (AvgIpc) is 3.26. The summed E-state index contributed by atoms with van der Waals surface area (Å²) in [4.78, 5) is 14.0. The van der Waals surface area contributed by atoms with Crippen molar-refractivity contribution in [1.82, 2.24) is 0 Å². The van der Waals surface area contributed by atoms with E-state index in [0.717, 1.165) is 0 Å². The Balaban J connectivity index is 2.30. The minimum atomic E-state index is -0.857. The molecular weight excluding hydrogens is 246 g/mol. The van der Waals surface area contributed by atoms with Crippen LogP contribution in [0.5, 0.6) is 5.75 Å². The largest absolute Gasteiger partial charge is 0.495 e. The van der Waals surface area contributed by atoms with Gasteiger partial charge in [0.1, 0.15) is 11.2 Å². The summed E-state index contributed by atoms with van der Waals surface area (Å²) in [5.41, 5.74) is 5.42. The maximum Gasteiger partial charge on any atom is 0.240 e. The van der Waals surface area contributed by atoms with E-state index in [1.54, 1.807) is 26.3 Å². The summed E-state index contributed by atoms with van der Waals surface area (Å²) in [6.07, 6.45) is 1.20. The Bertz CT molecular complexity index is 524. The molecule has 0 bridgehead atoms. The number of nitrogens with zero attached hydrogens (tertiary/aromatic N) is 2. The Hall–Kier alpha value is -2.24. The predicted octanol–water partition coefficient (Wildman–Crippen LogP) is 1.18. The van der Waals surface area contributed by atoms with Crippen molar-refractivity contribution >= 4 is 17.4 Å². The second-order valence-electron chi connectivity index (χ2n) is 4.60. The van der Waals surface area contributed by atoms with E-state index in [4.69, 9.17) is 15.7 Å². The normalized spacial score (nSPS) is 16.8. The zero-order chi connectivity index (χ0) is 14.0. The topological polar surface area (TPSA) is 88.2 Å². The fourth-order valence-corrected chi connectivity index (χ4v) is 2.14. The van der Waals surface area contributed by atoms with E-state index in [0.29, 0.717) is 24.3 Å². The number of amidine groups is 1. The Kier molecular flexibility index (Phi) is 3.33. The molecule has 0 heterocycles. The van der Waals surface area contributed by atoms with Crippen LogP contribution in [0.3, 0.4) is 0 Å². The van der Waals surface area contributed by atoms with Crippen LogP contribution in [-0.4, -0.2) is 31.1 Å². The first-order valence-electron chi connectivity index (χ1n) is 5.96. The summed E-state index contributed by atoms with van der Waals surface area (Å²) in [6.45, 7) is 0. The molecule has 6 nitrogen and oxygen atoms in total. The second kappa shape index (κ2) is 4.79. The van der Waals surface area contributed by atoms with Gasteiger partial charge in [0.05, 0.1) is 12.8 Å². The lowest BCUT2D eigenvalue weighted by atomic mass is 10.0. The molecule has 2 rings (SSSR count). The Morgan fingerprint density at radius 1 is 1.47 bits per heavy atom. The number of nitrogens with two attached hydrogens (primary N) is 1. The van der Waals surface area contributed by atoms with Crippen LogP contribution in [0.1, 0.15) is 12.8 Å². The second-order valence-corrected chi connectivity index (χ2v) is 4.60. The molecular formula is C13H17N3O3. The number of carbonyl (C=O) groups is 1. The van der Waals surface area contributed by atoms with E-state index in [9.17, 15) is 4.79 Å².